The molecule has 1 atom stereocenters. The maximum atomic E-state index is 13.6. The van der Waals surface area contributed by atoms with Crippen LogP contribution >= 0.6 is 11.8 Å². The molecule has 0 saturated carbocycles. The van der Waals surface area contributed by atoms with Crippen molar-refractivity contribution >= 4 is 11.8 Å². The second-order valence-electron chi connectivity index (χ2n) is 3.92. The maximum absolute atomic E-state index is 13.6. The number of hydrogen-bond acceptors (Lipinski definition) is 2. The largest absolute Gasteiger partial charge is 0.320 e. The van der Waals surface area contributed by atoms with E-state index in [1.807, 2.05) is 30.5 Å². The van der Waals surface area contributed by atoms with Gasteiger partial charge in [-0.25, -0.2) is 8.78 Å². The van der Waals surface area contributed by atoms with Crippen molar-refractivity contribution in [1.29, 1.82) is 0 Å². The first-order valence-electron chi connectivity index (χ1n) is 5.46. The summed E-state index contributed by atoms with van der Waals surface area (Å²) in [6.07, 6.45) is 1.96. The Bertz CT molecular complexity index is 557. The zero-order valence-electron chi connectivity index (χ0n) is 9.86. The summed E-state index contributed by atoms with van der Waals surface area (Å²) in [6, 6.07) is 10.5. The summed E-state index contributed by atoms with van der Waals surface area (Å²) in [6.45, 7) is 0. The van der Waals surface area contributed by atoms with Crippen LogP contribution in [-0.2, 0) is 0 Å². The van der Waals surface area contributed by atoms with Gasteiger partial charge >= 0.3 is 0 Å². The zero-order chi connectivity index (χ0) is 13.1. The predicted molar refractivity (Wildman–Crippen MR) is 70.6 cm³/mol. The van der Waals surface area contributed by atoms with E-state index < -0.39 is 17.7 Å². The van der Waals surface area contributed by atoms with Crippen molar-refractivity contribution < 1.29 is 8.78 Å². The van der Waals surface area contributed by atoms with Crippen LogP contribution in [0.25, 0.3) is 0 Å². The minimum atomic E-state index is -0.614. The van der Waals surface area contributed by atoms with Crippen molar-refractivity contribution in [2.24, 2.45) is 5.73 Å². The molecule has 0 bridgehead atoms. The van der Waals surface area contributed by atoms with Crippen molar-refractivity contribution in [3.8, 4) is 0 Å². The minimum Gasteiger partial charge on any atom is -0.320 e. The number of halogens is 2. The Morgan fingerprint density at radius 3 is 2.56 bits per heavy atom. The van der Waals surface area contributed by atoms with Gasteiger partial charge in [-0.3, -0.25) is 0 Å². The van der Waals surface area contributed by atoms with Crippen LogP contribution in [0.1, 0.15) is 17.2 Å². The fraction of sp³-hybridized carbons (Fsp3) is 0.143. The van der Waals surface area contributed by atoms with Crippen molar-refractivity contribution in [3.05, 3.63) is 65.2 Å². The molecular formula is C14H13F2NS. The van der Waals surface area contributed by atoms with Crippen LogP contribution in [0.2, 0.25) is 0 Å². The Labute approximate surface area is 109 Å². The van der Waals surface area contributed by atoms with Crippen molar-refractivity contribution in [1.82, 2.24) is 0 Å². The van der Waals surface area contributed by atoms with Gasteiger partial charge in [-0.15, -0.1) is 11.8 Å². The average Bonchev–Trinajstić information content (AvgIpc) is 2.38. The summed E-state index contributed by atoms with van der Waals surface area (Å²) in [5.41, 5.74) is 7.13. The number of nitrogens with two attached hydrogens (primary N) is 1. The number of rotatable bonds is 3. The average molecular weight is 265 g/mol. The SMILES string of the molecule is CSc1cccc([C@@H](N)c2ccc(F)cc2F)c1. The summed E-state index contributed by atoms with van der Waals surface area (Å²) in [5, 5.41) is 0. The van der Waals surface area contributed by atoms with Gasteiger partial charge in [0.15, 0.2) is 0 Å². The lowest BCUT2D eigenvalue weighted by Gasteiger charge is -2.14. The van der Waals surface area contributed by atoms with E-state index in [0.29, 0.717) is 5.56 Å². The molecule has 0 spiro atoms. The molecule has 1 nitrogen and oxygen atoms in total. The Hall–Kier alpha value is -1.39. The maximum Gasteiger partial charge on any atom is 0.131 e. The zero-order valence-corrected chi connectivity index (χ0v) is 10.7. The molecule has 0 saturated heterocycles. The molecule has 18 heavy (non-hydrogen) atoms. The van der Waals surface area contributed by atoms with Gasteiger partial charge in [-0.05, 0) is 30.0 Å². The Balaban J connectivity index is 2.37. The fourth-order valence-corrected chi connectivity index (χ4v) is 2.24. The van der Waals surface area contributed by atoms with Gasteiger partial charge in [0.1, 0.15) is 11.6 Å². The molecule has 0 unspecified atom stereocenters. The molecule has 0 amide bonds. The molecule has 0 aliphatic rings. The highest BCUT2D eigenvalue weighted by Crippen LogP contribution is 2.25. The molecule has 2 aromatic rings. The van der Waals surface area contributed by atoms with Gasteiger partial charge < -0.3 is 5.73 Å². The molecule has 94 valence electrons. The first kappa shape index (κ1) is 13.1. The van der Waals surface area contributed by atoms with Crippen LogP contribution in [0.3, 0.4) is 0 Å². The van der Waals surface area contributed by atoms with Crippen LogP contribution in [0.5, 0.6) is 0 Å². The molecular weight excluding hydrogens is 252 g/mol. The molecule has 2 N–H and O–H groups in total. The van der Waals surface area contributed by atoms with Crippen LogP contribution in [0.4, 0.5) is 8.78 Å². The standard InChI is InChI=1S/C14H13F2NS/c1-18-11-4-2-3-9(7-11)14(17)12-6-5-10(15)8-13(12)16/h2-8,14H,17H2,1H3/t14-/m1/s1. The predicted octanol–water partition coefficient (Wildman–Crippen LogP) is 3.73. The Morgan fingerprint density at radius 1 is 1.11 bits per heavy atom. The van der Waals surface area contributed by atoms with E-state index >= 15 is 0 Å². The van der Waals surface area contributed by atoms with Gasteiger partial charge in [0.05, 0.1) is 6.04 Å². The summed E-state index contributed by atoms with van der Waals surface area (Å²) in [4.78, 5) is 1.06. The first-order chi connectivity index (χ1) is 8.61. The summed E-state index contributed by atoms with van der Waals surface area (Å²) in [7, 11) is 0. The van der Waals surface area contributed by atoms with E-state index in [1.165, 1.54) is 12.1 Å². The highest BCUT2D eigenvalue weighted by Gasteiger charge is 2.14. The number of thioether (sulfide) groups is 1. The van der Waals surface area contributed by atoms with Crippen LogP contribution in [0, 0.1) is 11.6 Å². The lowest BCUT2D eigenvalue weighted by molar-refractivity contribution is 0.566. The monoisotopic (exact) mass is 265 g/mol. The minimum absolute atomic E-state index is 0.301. The summed E-state index contributed by atoms with van der Waals surface area (Å²) >= 11 is 1.59. The highest BCUT2D eigenvalue weighted by molar-refractivity contribution is 7.98. The van der Waals surface area contributed by atoms with Gasteiger partial charge in [-0.2, -0.15) is 0 Å². The van der Waals surface area contributed by atoms with Crippen LogP contribution in [0.15, 0.2) is 47.4 Å². The normalized spacial score (nSPS) is 12.4. The number of hydrogen-bond donors (Lipinski definition) is 1. The summed E-state index contributed by atoms with van der Waals surface area (Å²) < 4.78 is 26.5. The molecule has 0 aliphatic carbocycles. The lowest BCUT2D eigenvalue weighted by Crippen LogP contribution is -2.13. The third-order valence-electron chi connectivity index (χ3n) is 2.75. The van der Waals surface area contributed by atoms with E-state index in [1.54, 1.807) is 11.8 Å². The van der Waals surface area contributed by atoms with E-state index in [9.17, 15) is 8.78 Å². The molecule has 0 fully saturated rings. The topological polar surface area (TPSA) is 26.0 Å². The van der Waals surface area contributed by atoms with Crippen molar-refractivity contribution in [2.75, 3.05) is 6.26 Å². The van der Waals surface area contributed by atoms with Gasteiger partial charge in [0.2, 0.25) is 0 Å². The molecule has 0 aromatic heterocycles. The van der Waals surface area contributed by atoms with E-state index in [4.69, 9.17) is 5.73 Å². The Kier molecular flexibility index (Phi) is 3.99. The second-order valence-corrected chi connectivity index (χ2v) is 4.80. The molecule has 0 radical (unpaired) electrons. The van der Waals surface area contributed by atoms with Crippen LogP contribution in [-0.4, -0.2) is 6.26 Å². The lowest BCUT2D eigenvalue weighted by atomic mass is 9.99. The molecule has 2 aromatic carbocycles. The van der Waals surface area contributed by atoms with Crippen LogP contribution < -0.4 is 5.73 Å². The van der Waals surface area contributed by atoms with Gasteiger partial charge in [0, 0.05) is 16.5 Å². The van der Waals surface area contributed by atoms with Gasteiger partial charge in [0.25, 0.3) is 0 Å². The van der Waals surface area contributed by atoms with Crippen molar-refractivity contribution in [2.45, 2.75) is 10.9 Å². The Morgan fingerprint density at radius 2 is 1.89 bits per heavy atom. The van der Waals surface area contributed by atoms with E-state index in [-0.39, 0.29) is 0 Å². The van der Waals surface area contributed by atoms with Gasteiger partial charge in [-0.1, -0.05) is 18.2 Å². The second kappa shape index (κ2) is 5.50. The van der Waals surface area contributed by atoms with E-state index in [2.05, 4.69) is 0 Å². The highest BCUT2D eigenvalue weighted by atomic mass is 32.2. The quantitative estimate of drug-likeness (QED) is 0.856. The fourth-order valence-electron chi connectivity index (χ4n) is 1.77. The molecule has 2 rings (SSSR count). The molecule has 0 aliphatic heterocycles. The third kappa shape index (κ3) is 2.71. The smallest absolute Gasteiger partial charge is 0.131 e. The summed E-state index contributed by atoms with van der Waals surface area (Å²) in [5.74, 6) is -1.21. The molecule has 4 heteroatoms. The van der Waals surface area contributed by atoms with E-state index in [0.717, 1.165) is 16.5 Å². The number of benzene rings is 2. The first-order valence-corrected chi connectivity index (χ1v) is 6.69. The molecule has 0 heterocycles. The van der Waals surface area contributed by atoms with Crippen molar-refractivity contribution in [3.63, 3.8) is 0 Å². The third-order valence-corrected chi connectivity index (χ3v) is 3.48.